The van der Waals surface area contributed by atoms with E-state index in [9.17, 15) is 18.3 Å². The van der Waals surface area contributed by atoms with Gasteiger partial charge in [0.25, 0.3) is 5.56 Å². The highest BCUT2D eigenvalue weighted by Crippen LogP contribution is 2.39. The molecule has 13 heteroatoms. The largest absolute Gasteiger partial charge is 0.396 e. The molecular weight excluding hydrogens is 532 g/mol. The van der Waals surface area contributed by atoms with Crippen molar-refractivity contribution < 1.29 is 13.5 Å². The van der Waals surface area contributed by atoms with E-state index in [1.807, 2.05) is 19.2 Å². The van der Waals surface area contributed by atoms with Crippen LogP contribution >= 0.6 is 0 Å². The fraction of sp³-hybridized carbons (Fsp3) is 0.407. The number of sulfonamides is 1. The molecule has 1 aliphatic heterocycles. The number of likely N-dealkylation sites (N-methyl/N-ethyl adjacent to an activating group) is 1. The summed E-state index contributed by atoms with van der Waals surface area (Å²) in [5.74, 6) is 1.46. The lowest BCUT2D eigenvalue weighted by Gasteiger charge is -2.51. The van der Waals surface area contributed by atoms with Crippen molar-refractivity contribution in [3.63, 3.8) is 0 Å². The van der Waals surface area contributed by atoms with Crippen LogP contribution < -0.4 is 15.8 Å². The number of rotatable bonds is 9. The molecule has 0 saturated carbocycles. The van der Waals surface area contributed by atoms with Crippen LogP contribution in [0.3, 0.4) is 0 Å². The van der Waals surface area contributed by atoms with Gasteiger partial charge in [0, 0.05) is 63.0 Å². The molecule has 0 radical (unpaired) electrons. The van der Waals surface area contributed by atoms with E-state index in [1.165, 1.54) is 15.2 Å². The molecular formula is C27H34N8O4S. The number of nitrogens with one attached hydrogen (secondary N) is 2. The summed E-state index contributed by atoms with van der Waals surface area (Å²) in [7, 11) is -0.0448. The lowest BCUT2D eigenvalue weighted by molar-refractivity contribution is 0.251. The Bertz CT molecular complexity index is 1720. The van der Waals surface area contributed by atoms with Gasteiger partial charge in [0.15, 0.2) is 5.82 Å². The third-order valence-electron chi connectivity index (χ3n) is 7.83. The summed E-state index contributed by atoms with van der Waals surface area (Å²) in [6, 6.07) is 7.67. The van der Waals surface area contributed by atoms with Gasteiger partial charge in [-0.2, -0.15) is 4.31 Å². The van der Waals surface area contributed by atoms with Crippen molar-refractivity contribution in [3.8, 4) is 11.4 Å². The molecule has 0 amide bonds. The third kappa shape index (κ3) is 5.07. The highest BCUT2D eigenvalue weighted by molar-refractivity contribution is 7.88. The summed E-state index contributed by atoms with van der Waals surface area (Å²) in [4.78, 5) is 28.0. The summed E-state index contributed by atoms with van der Waals surface area (Å²) in [6.45, 7) is 4.76. The smallest absolute Gasteiger partial charge is 0.277 e. The molecule has 0 bridgehead atoms. The molecule has 1 saturated heterocycles. The molecule has 1 aliphatic rings. The molecule has 5 rings (SSSR count). The topological polar surface area (TPSA) is 149 Å². The Morgan fingerprint density at radius 3 is 2.65 bits per heavy atom. The van der Waals surface area contributed by atoms with Gasteiger partial charge in [0.1, 0.15) is 17.2 Å². The molecule has 3 N–H and O–H groups in total. The first-order chi connectivity index (χ1) is 19.0. The number of aliphatic hydroxyl groups is 1. The standard InChI is InChI=1S/C27H34N8O4S/c1-16(9-11-36)18-6-7-22(35-15-23(17(35)2)34(4)40(5,38)39)20-13-29-25(12-19(18)20)31-24-8-10-28-26(32-24)21-14-30-33(3)27(21)37/h6-8,10,12-14,16-17,23,30,36H,9,11,15H2,1-5H3,(H,28,29,31,32)/t16?,17-,23+/m1/s1. The molecule has 4 aromatic rings. The first-order valence-electron chi connectivity index (χ1n) is 13.1. The fourth-order valence-corrected chi connectivity index (χ4v) is 5.96. The van der Waals surface area contributed by atoms with E-state index in [0.29, 0.717) is 36.0 Å². The molecule has 0 aliphatic carbocycles. The fourth-order valence-electron chi connectivity index (χ4n) is 5.23. The number of benzene rings is 1. The van der Waals surface area contributed by atoms with E-state index in [0.717, 1.165) is 22.0 Å². The zero-order valence-corrected chi connectivity index (χ0v) is 24.0. The van der Waals surface area contributed by atoms with Crippen LogP contribution in [0.25, 0.3) is 22.2 Å². The molecule has 0 spiro atoms. The number of fused-ring (bicyclic) bond motifs is 1. The second-order valence-corrected chi connectivity index (χ2v) is 12.4. The lowest BCUT2D eigenvalue weighted by Crippen LogP contribution is -2.65. The number of pyridine rings is 1. The van der Waals surface area contributed by atoms with Crippen LogP contribution in [0, 0.1) is 0 Å². The second-order valence-electron chi connectivity index (χ2n) is 10.4. The molecule has 4 heterocycles. The number of hydrogen-bond acceptors (Lipinski definition) is 9. The van der Waals surface area contributed by atoms with Crippen LogP contribution in [0.5, 0.6) is 0 Å². The van der Waals surface area contributed by atoms with Crippen molar-refractivity contribution >= 4 is 38.1 Å². The zero-order valence-electron chi connectivity index (χ0n) is 23.2. The van der Waals surface area contributed by atoms with Crippen molar-refractivity contribution in [3.05, 3.63) is 58.8 Å². The van der Waals surface area contributed by atoms with Gasteiger partial charge in [-0.3, -0.25) is 9.48 Å². The highest BCUT2D eigenvalue weighted by atomic mass is 32.2. The number of hydrogen-bond donors (Lipinski definition) is 3. The van der Waals surface area contributed by atoms with Crippen LogP contribution in [0.1, 0.15) is 31.7 Å². The van der Waals surface area contributed by atoms with Gasteiger partial charge in [0.05, 0.1) is 12.3 Å². The monoisotopic (exact) mass is 566 g/mol. The highest BCUT2D eigenvalue weighted by Gasteiger charge is 2.41. The Balaban J connectivity index is 1.50. The Morgan fingerprint density at radius 1 is 1.23 bits per heavy atom. The average molecular weight is 567 g/mol. The van der Waals surface area contributed by atoms with Crippen LogP contribution in [0.2, 0.25) is 0 Å². The predicted molar refractivity (Wildman–Crippen MR) is 155 cm³/mol. The molecule has 12 nitrogen and oxygen atoms in total. The molecule has 40 heavy (non-hydrogen) atoms. The average Bonchev–Trinajstić information content (AvgIpc) is 3.25. The van der Waals surface area contributed by atoms with Gasteiger partial charge in [-0.1, -0.05) is 13.0 Å². The van der Waals surface area contributed by atoms with Crippen molar-refractivity contribution in [1.29, 1.82) is 0 Å². The summed E-state index contributed by atoms with van der Waals surface area (Å²) in [5.41, 5.74) is 2.20. The van der Waals surface area contributed by atoms with Gasteiger partial charge < -0.3 is 20.4 Å². The Kier molecular flexibility index (Phi) is 7.38. The van der Waals surface area contributed by atoms with Crippen molar-refractivity contribution in [2.45, 2.75) is 38.3 Å². The number of aromatic amines is 1. The molecule has 1 fully saturated rings. The van der Waals surface area contributed by atoms with E-state index in [2.05, 4.69) is 49.3 Å². The first kappa shape index (κ1) is 27.7. The zero-order chi connectivity index (χ0) is 28.8. The predicted octanol–water partition coefficient (Wildman–Crippen LogP) is 2.42. The van der Waals surface area contributed by atoms with Crippen LogP contribution in [-0.4, -0.2) is 81.1 Å². The van der Waals surface area contributed by atoms with Gasteiger partial charge >= 0.3 is 0 Å². The van der Waals surface area contributed by atoms with E-state index < -0.39 is 10.0 Å². The SMILES string of the molecule is CC(CCO)c1ccc(N2C[C@H](N(C)S(C)(=O)=O)[C@H]2C)c2cnc(Nc3ccnc(-c4c[nH]n(C)c4=O)n3)cc12. The number of anilines is 3. The van der Waals surface area contributed by atoms with Gasteiger partial charge in [0.2, 0.25) is 10.0 Å². The third-order valence-corrected chi connectivity index (χ3v) is 9.14. The summed E-state index contributed by atoms with van der Waals surface area (Å²) < 4.78 is 27.0. The summed E-state index contributed by atoms with van der Waals surface area (Å²) >= 11 is 0. The van der Waals surface area contributed by atoms with Crippen molar-refractivity contribution in [1.82, 2.24) is 29.0 Å². The quantitative estimate of drug-likeness (QED) is 0.278. The molecule has 212 valence electrons. The van der Waals surface area contributed by atoms with Crippen LogP contribution in [0.15, 0.2) is 47.7 Å². The second kappa shape index (κ2) is 10.6. The number of aliphatic hydroxyl groups excluding tert-OH is 1. The molecule has 3 atom stereocenters. The van der Waals surface area contributed by atoms with Crippen LogP contribution in [0.4, 0.5) is 17.3 Å². The van der Waals surface area contributed by atoms with Gasteiger partial charge in [-0.15, -0.1) is 0 Å². The Labute approximate surface area is 232 Å². The minimum atomic E-state index is -3.29. The number of aryl methyl sites for hydroxylation is 1. The maximum absolute atomic E-state index is 12.4. The van der Waals surface area contributed by atoms with Crippen molar-refractivity contribution in [2.75, 3.05) is 36.7 Å². The normalized spacial score (nSPS) is 18.2. The van der Waals surface area contributed by atoms with Gasteiger partial charge in [-0.05, 0) is 48.4 Å². The molecule has 1 aromatic carbocycles. The van der Waals surface area contributed by atoms with E-state index in [-0.39, 0.29) is 30.2 Å². The van der Waals surface area contributed by atoms with E-state index >= 15 is 0 Å². The lowest BCUT2D eigenvalue weighted by atomic mass is 9.90. The summed E-state index contributed by atoms with van der Waals surface area (Å²) in [5, 5.41) is 17.6. The Hall–Kier alpha value is -3.81. The van der Waals surface area contributed by atoms with E-state index in [1.54, 1.807) is 32.6 Å². The van der Waals surface area contributed by atoms with E-state index in [4.69, 9.17) is 0 Å². The van der Waals surface area contributed by atoms with Gasteiger partial charge in [-0.25, -0.2) is 23.4 Å². The first-order valence-corrected chi connectivity index (χ1v) is 14.9. The maximum Gasteiger partial charge on any atom is 0.277 e. The number of H-pyrrole nitrogens is 1. The maximum atomic E-state index is 12.4. The number of nitrogens with zero attached hydrogens (tertiary/aromatic N) is 6. The molecule has 3 aromatic heterocycles. The van der Waals surface area contributed by atoms with Crippen LogP contribution in [-0.2, 0) is 17.1 Å². The number of aromatic nitrogens is 5. The Morgan fingerprint density at radius 2 is 2.00 bits per heavy atom. The summed E-state index contributed by atoms with van der Waals surface area (Å²) in [6.07, 6.45) is 6.81. The van der Waals surface area contributed by atoms with Crippen molar-refractivity contribution in [2.24, 2.45) is 7.05 Å². The molecule has 1 unspecified atom stereocenters. The minimum absolute atomic E-state index is 0.0120. The minimum Gasteiger partial charge on any atom is -0.396 e.